The lowest BCUT2D eigenvalue weighted by Gasteiger charge is -2.48. The van der Waals surface area contributed by atoms with Crippen LogP contribution in [0.1, 0.15) is 157 Å². The molecule has 0 spiro atoms. The lowest BCUT2D eigenvalue weighted by atomic mass is 9.33. The molecule has 0 aromatic heterocycles. The molecule has 0 N–H and O–H groups in total. The average Bonchev–Trinajstić information content (AvgIpc) is 0.707. The summed E-state index contributed by atoms with van der Waals surface area (Å²) in [5.74, 6) is 0. The second kappa shape index (κ2) is 19.8. The lowest BCUT2D eigenvalue weighted by Crippen LogP contribution is -2.62. The zero-order valence-corrected chi connectivity index (χ0v) is 53.3. The van der Waals surface area contributed by atoms with Gasteiger partial charge >= 0.3 is 0 Å². The third-order valence-electron chi connectivity index (χ3n) is 21.2. The van der Waals surface area contributed by atoms with Crippen LogP contribution in [0.25, 0.3) is 22.3 Å². The van der Waals surface area contributed by atoms with Crippen LogP contribution in [0, 0.1) is 6.92 Å². The van der Waals surface area contributed by atoms with Gasteiger partial charge < -0.3 is 14.7 Å². The molecule has 0 saturated heterocycles. The minimum absolute atomic E-state index is 0.00901. The van der Waals surface area contributed by atoms with Crippen LogP contribution in [0.5, 0.6) is 0 Å². The van der Waals surface area contributed by atoms with Crippen LogP contribution in [0.2, 0.25) is 0 Å². The van der Waals surface area contributed by atoms with E-state index in [-0.39, 0.29) is 33.8 Å². The Hall–Kier alpha value is -8.34. The summed E-state index contributed by atoms with van der Waals surface area (Å²) in [6.07, 6.45) is 6.28. The number of hydrogen-bond donors (Lipinski definition) is 0. The van der Waals surface area contributed by atoms with Gasteiger partial charge in [0, 0.05) is 51.2 Å². The van der Waals surface area contributed by atoms with Gasteiger partial charge in [0.05, 0.1) is 0 Å². The molecule has 0 amide bonds. The largest absolute Gasteiger partial charge is 0.311 e. The van der Waals surface area contributed by atoms with Crippen LogP contribution in [0.15, 0.2) is 206 Å². The molecule has 10 aromatic carbocycles. The first-order valence-electron chi connectivity index (χ1n) is 32.2. The number of hydrogen-bond acceptors (Lipinski definition) is 3. The predicted molar refractivity (Wildman–Crippen MR) is 372 cm³/mol. The molecule has 5 aliphatic rings. The first-order valence-corrected chi connectivity index (χ1v) is 32.2. The van der Waals surface area contributed by atoms with Crippen molar-refractivity contribution < 1.29 is 0 Å². The van der Waals surface area contributed by atoms with Crippen molar-refractivity contribution in [2.45, 2.75) is 149 Å². The number of rotatable bonds is 5. The van der Waals surface area contributed by atoms with Gasteiger partial charge in [-0.25, -0.2) is 0 Å². The molecule has 0 fully saturated rings. The summed E-state index contributed by atoms with van der Waals surface area (Å²) in [7, 11) is 0. The van der Waals surface area contributed by atoms with Crippen molar-refractivity contribution in [1.29, 1.82) is 0 Å². The van der Waals surface area contributed by atoms with Crippen LogP contribution < -0.4 is 31.1 Å². The zero-order chi connectivity index (χ0) is 60.1. The highest BCUT2D eigenvalue weighted by Gasteiger charge is 2.48. The number of nitrogens with zero attached hydrogens (tertiary/aromatic N) is 3. The smallest absolute Gasteiger partial charge is 0.252 e. The Morgan fingerprint density at radius 3 is 1.40 bits per heavy atom. The van der Waals surface area contributed by atoms with Crippen molar-refractivity contribution in [2.75, 3.05) is 14.7 Å². The molecule has 3 nitrogen and oxygen atoms in total. The monoisotopic (exact) mass is 1130 g/mol. The molecule has 3 aliphatic carbocycles. The summed E-state index contributed by atoms with van der Waals surface area (Å²) in [5.41, 5.74) is 34.3. The number of para-hydroxylation sites is 2. The molecular weight excluding hydrogens is 1050 g/mol. The Labute approximate surface area is 518 Å². The molecule has 15 rings (SSSR count). The topological polar surface area (TPSA) is 9.72 Å². The van der Waals surface area contributed by atoms with E-state index in [9.17, 15) is 0 Å². The Morgan fingerprint density at radius 2 is 0.828 bits per heavy atom. The first-order chi connectivity index (χ1) is 41.6. The second-order valence-electron chi connectivity index (χ2n) is 29.9. The Bertz CT molecular complexity index is 4380. The summed E-state index contributed by atoms with van der Waals surface area (Å²) >= 11 is 0. The van der Waals surface area contributed by atoms with Gasteiger partial charge in [-0.2, -0.15) is 0 Å². The normalized spacial score (nSPS) is 17.0. The maximum atomic E-state index is 2.71. The predicted octanol–water partition coefficient (Wildman–Crippen LogP) is 20.4. The van der Waals surface area contributed by atoms with E-state index in [0.29, 0.717) is 0 Å². The molecule has 432 valence electrons. The van der Waals surface area contributed by atoms with Crippen LogP contribution >= 0.6 is 0 Å². The van der Waals surface area contributed by atoms with E-state index >= 15 is 0 Å². The van der Waals surface area contributed by atoms with Crippen LogP contribution in [0.3, 0.4) is 0 Å². The van der Waals surface area contributed by atoms with Gasteiger partial charge in [0.1, 0.15) is 0 Å². The number of aryl methyl sites for hydroxylation is 1. The molecule has 87 heavy (non-hydrogen) atoms. The molecule has 0 radical (unpaired) electrons. The Morgan fingerprint density at radius 1 is 0.368 bits per heavy atom. The summed E-state index contributed by atoms with van der Waals surface area (Å²) in [6, 6.07) is 80.4. The van der Waals surface area contributed by atoms with E-state index in [0.717, 1.165) is 54.9 Å². The quantitative estimate of drug-likeness (QED) is 0.159. The van der Waals surface area contributed by atoms with E-state index in [2.05, 4.69) is 304 Å². The van der Waals surface area contributed by atoms with Crippen molar-refractivity contribution in [1.82, 2.24) is 0 Å². The van der Waals surface area contributed by atoms with Gasteiger partial charge in [-0.3, -0.25) is 0 Å². The highest BCUT2D eigenvalue weighted by atomic mass is 15.2. The Balaban J connectivity index is 1.01. The van der Waals surface area contributed by atoms with E-state index < -0.39 is 0 Å². The number of fused-ring (bicyclic) bond motifs is 12. The van der Waals surface area contributed by atoms with Gasteiger partial charge in [0.2, 0.25) is 0 Å². The molecule has 4 heteroatoms. The standard InChI is InChI=1S/C83H82BN3/c1-53-43-76-78-77(44-53)87(62-33-37-68-69(49-62)81(7,8)40-39-80(68,5)6)75-52-71-70(82(9,10)41-42-83(71,11)12)51-73(75)84(78)72-38-34-63(85(59-25-15-13-16-26-59)60-27-17-14-18-28-60)50-74(72)86(76)61-32-36-67-57(48-61)46-55-24-20-21-29-64(55)66-35-31-58(79(2,3)4)47-56(66)45-54-23-19-22-30-65(54)67/h13-38,43-44,47-52H,39-42,45-46H2,1-12H3. The molecule has 2 aliphatic heterocycles. The summed E-state index contributed by atoms with van der Waals surface area (Å²) in [5, 5.41) is 0. The molecule has 2 heterocycles. The maximum Gasteiger partial charge on any atom is 0.252 e. The minimum Gasteiger partial charge on any atom is -0.311 e. The molecule has 10 aromatic rings. The fraction of sp³-hybridized carbons (Fsp3) is 0.277. The third kappa shape index (κ3) is 9.05. The molecular formula is C83H82BN3. The van der Waals surface area contributed by atoms with Crippen molar-refractivity contribution in [3.8, 4) is 22.3 Å². The molecule has 0 saturated carbocycles. The fourth-order valence-electron chi connectivity index (χ4n) is 16.1. The van der Waals surface area contributed by atoms with Crippen LogP contribution in [-0.2, 0) is 39.9 Å². The SMILES string of the molecule is Cc1cc2c3c(c1)N(c1ccc4c(c1)C(C)(C)CCC4(C)C)c1cc4c(cc1B3c1ccc(N(c3ccccc3)c3ccccc3)cc1N2c1ccc2c(c1)Cc1ccccc1-c1ccc(C(C)(C)C)cc1Cc1ccccc1-2)C(C)(C)CCC4(C)C. The van der Waals surface area contributed by atoms with Crippen molar-refractivity contribution in [2.24, 2.45) is 0 Å². The van der Waals surface area contributed by atoms with Gasteiger partial charge in [0.25, 0.3) is 6.71 Å². The first kappa shape index (κ1) is 55.3. The molecule has 0 bridgehead atoms. The fourth-order valence-corrected chi connectivity index (χ4v) is 16.1. The van der Waals surface area contributed by atoms with Gasteiger partial charge in [-0.15, -0.1) is 0 Å². The van der Waals surface area contributed by atoms with E-state index in [4.69, 9.17) is 0 Å². The van der Waals surface area contributed by atoms with Gasteiger partial charge in [0.15, 0.2) is 0 Å². The van der Waals surface area contributed by atoms with E-state index in [1.165, 1.54) is 129 Å². The zero-order valence-electron chi connectivity index (χ0n) is 53.3. The lowest BCUT2D eigenvalue weighted by molar-refractivity contribution is 0.332. The number of anilines is 9. The van der Waals surface area contributed by atoms with E-state index in [1.807, 2.05) is 0 Å². The Kier molecular flexibility index (Phi) is 12.6. The second-order valence-corrected chi connectivity index (χ2v) is 29.9. The van der Waals surface area contributed by atoms with Crippen molar-refractivity contribution >= 4 is 74.3 Å². The minimum atomic E-state index is -0.0441. The van der Waals surface area contributed by atoms with Crippen LogP contribution in [-0.4, -0.2) is 6.71 Å². The third-order valence-corrected chi connectivity index (χ3v) is 21.2. The average molecular weight is 1130 g/mol. The van der Waals surface area contributed by atoms with Crippen molar-refractivity contribution in [3.63, 3.8) is 0 Å². The number of benzene rings is 10. The van der Waals surface area contributed by atoms with Crippen molar-refractivity contribution in [3.05, 3.63) is 262 Å². The van der Waals surface area contributed by atoms with Gasteiger partial charge in [-0.05, 0) is 246 Å². The maximum absolute atomic E-state index is 2.71. The molecule has 0 unspecified atom stereocenters. The highest BCUT2D eigenvalue weighted by molar-refractivity contribution is 7.00. The molecule has 0 atom stereocenters. The summed E-state index contributed by atoms with van der Waals surface area (Å²) < 4.78 is 0. The van der Waals surface area contributed by atoms with Crippen LogP contribution in [0.4, 0.5) is 51.2 Å². The summed E-state index contributed by atoms with van der Waals surface area (Å²) in [6.45, 7) is 29.1. The van der Waals surface area contributed by atoms with Gasteiger partial charge in [-0.1, -0.05) is 204 Å². The highest BCUT2D eigenvalue weighted by Crippen LogP contribution is 2.54. The van der Waals surface area contributed by atoms with E-state index in [1.54, 1.807) is 0 Å². The summed E-state index contributed by atoms with van der Waals surface area (Å²) in [4.78, 5) is 7.82.